The molecule has 0 aliphatic heterocycles. The maximum Gasteiger partial charge on any atom is 0.115 e. The predicted molar refractivity (Wildman–Crippen MR) is 60.5 cm³/mol. The SMILES string of the molecule is C=CC[C@@](C)(C=C)c1ccc(O)cc1. The van der Waals surface area contributed by atoms with E-state index in [1.54, 1.807) is 12.1 Å². The molecule has 0 aromatic heterocycles. The van der Waals surface area contributed by atoms with Gasteiger partial charge in [0.1, 0.15) is 5.75 Å². The lowest BCUT2D eigenvalue weighted by atomic mass is 9.80. The van der Waals surface area contributed by atoms with E-state index in [-0.39, 0.29) is 5.41 Å². The molecule has 1 rings (SSSR count). The zero-order chi connectivity index (χ0) is 10.6. The van der Waals surface area contributed by atoms with Gasteiger partial charge in [0, 0.05) is 5.41 Å². The van der Waals surface area contributed by atoms with Gasteiger partial charge in [-0.05, 0) is 24.1 Å². The van der Waals surface area contributed by atoms with E-state index in [0.717, 1.165) is 12.0 Å². The molecule has 0 aliphatic carbocycles. The van der Waals surface area contributed by atoms with Crippen molar-refractivity contribution in [3.05, 3.63) is 55.1 Å². The van der Waals surface area contributed by atoms with Crippen LogP contribution in [-0.4, -0.2) is 5.11 Å². The van der Waals surface area contributed by atoms with Crippen molar-refractivity contribution in [1.82, 2.24) is 0 Å². The molecule has 0 unspecified atom stereocenters. The average molecular weight is 188 g/mol. The number of rotatable bonds is 4. The highest BCUT2D eigenvalue weighted by molar-refractivity contribution is 5.34. The third-order valence-electron chi connectivity index (χ3n) is 2.55. The minimum absolute atomic E-state index is 0.0878. The Bertz CT molecular complexity index is 324. The Morgan fingerprint density at radius 3 is 2.29 bits per heavy atom. The summed E-state index contributed by atoms with van der Waals surface area (Å²) in [6.07, 6.45) is 4.65. The molecule has 1 heteroatoms. The van der Waals surface area contributed by atoms with E-state index < -0.39 is 0 Å². The minimum atomic E-state index is -0.0878. The largest absolute Gasteiger partial charge is 0.508 e. The summed E-state index contributed by atoms with van der Waals surface area (Å²) in [6, 6.07) is 7.22. The van der Waals surface area contributed by atoms with E-state index in [0.29, 0.717) is 5.75 Å². The van der Waals surface area contributed by atoms with E-state index in [4.69, 9.17) is 0 Å². The number of benzene rings is 1. The quantitative estimate of drug-likeness (QED) is 0.718. The van der Waals surface area contributed by atoms with Crippen LogP contribution >= 0.6 is 0 Å². The lowest BCUT2D eigenvalue weighted by molar-refractivity contribution is 0.474. The normalized spacial score (nSPS) is 14.4. The van der Waals surface area contributed by atoms with Gasteiger partial charge in [-0.25, -0.2) is 0 Å². The van der Waals surface area contributed by atoms with Gasteiger partial charge in [-0.3, -0.25) is 0 Å². The van der Waals surface area contributed by atoms with Gasteiger partial charge < -0.3 is 5.11 Å². The van der Waals surface area contributed by atoms with Crippen molar-refractivity contribution < 1.29 is 5.11 Å². The minimum Gasteiger partial charge on any atom is -0.508 e. The maximum atomic E-state index is 9.18. The molecule has 0 amide bonds. The number of allylic oxidation sites excluding steroid dienone is 2. The Morgan fingerprint density at radius 2 is 1.86 bits per heavy atom. The molecule has 0 heterocycles. The van der Waals surface area contributed by atoms with Gasteiger partial charge in [-0.15, -0.1) is 13.2 Å². The van der Waals surface area contributed by atoms with Crippen molar-refractivity contribution in [1.29, 1.82) is 0 Å². The monoisotopic (exact) mass is 188 g/mol. The van der Waals surface area contributed by atoms with Crippen LogP contribution in [-0.2, 0) is 5.41 Å². The van der Waals surface area contributed by atoms with Crippen molar-refractivity contribution in [3.8, 4) is 5.75 Å². The third-order valence-corrected chi connectivity index (χ3v) is 2.55. The van der Waals surface area contributed by atoms with Crippen molar-refractivity contribution in [2.75, 3.05) is 0 Å². The molecular weight excluding hydrogens is 172 g/mol. The molecule has 0 bridgehead atoms. The molecule has 0 saturated heterocycles. The molecule has 0 aliphatic rings. The van der Waals surface area contributed by atoms with Gasteiger partial charge in [0.25, 0.3) is 0 Å². The summed E-state index contributed by atoms with van der Waals surface area (Å²) in [4.78, 5) is 0. The van der Waals surface area contributed by atoms with Crippen LogP contribution in [0.25, 0.3) is 0 Å². The number of hydrogen-bond donors (Lipinski definition) is 1. The van der Waals surface area contributed by atoms with Crippen LogP contribution in [0.1, 0.15) is 18.9 Å². The maximum absolute atomic E-state index is 9.18. The smallest absolute Gasteiger partial charge is 0.115 e. The molecule has 14 heavy (non-hydrogen) atoms. The summed E-state index contributed by atoms with van der Waals surface area (Å²) in [7, 11) is 0. The Hall–Kier alpha value is -1.50. The Balaban J connectivity index is 3.05. The first-order chi connectivity index (χ1) is 6.62. The van der Waals surface area contributed by atoms with Gasteiger partial charge in [0.05, 0.1) is 0 Å². The van der Waals surface area contributed by atoms with Crippen LogP contribution in [0.5, 0.6) is 5.75 Å². The summed E-state index contributed by atoms with van der Waals surface area (Å²) in [5, 5.41) is 9.18. The fraction of sp³-hybridized carbons (Fsp3) is 0.231. The number of phenols is 1. The zero-order valence-electron chi connectivity index (χ0n) is 8.53. The highest BCUT2D eigenvalue weighted by atomic mass is 16.3. The predicted octanol–water partition coefficient (Wildman–Crippen LogP) is 3.41. The lowest BCUT2D eigenvalue weighted by Crippen LogP contribution is -2.17. The first-order valence-electron chi connectivity index (χ1n) is 4.66. The standard InChI is InChI=1S/C13H16O/c1-4-10-13(3,5-2)11-6-8-12(14)9-7-11/h4-9,14H,1-2,10H2,3H3/t13-/m1/s1. The molecule has 1 atom stereocenters. The number of aromatic hydroxyl groups is 1. The van der Waals surface area contributed by atoms with E-state index >= 15 is 0 Å². The molecule has 0 saturated carbocycles. The second kappa shape index (κ2) is 4.14. The summed E-state index contributed by atoms with van der Waals surface area (Å²) < 4.78 is 0. The molecule has 0 fully saturated rings. The summed E-state index contributed by atoms with van der Waals surface area (Å²) in [5.74, 6) is 0.291. The second-order valence-electron chi connectivity index (χ2n) is 3.66. The lowest BCUT2D eigenvalue weighted by Gasteiger charge is -2.24. The Kier molecular flexibility index (Phi) is 3.13. The summed E-state index contributed by atoms with van der Waals surface area (Å²) in [6.45, 7) is 9.68. The Morgan fingerprint density at radius 1 is 1.29 bits per heavy atom. The van der Waals surface area contributed by atoms with Crippen LogP contribution in [0.2, 0.25) is 0 Å². The first-order valence-corrected chi connectivity index (χ1v) is 4.66. The highest BCUT2D eigenvalue weighted by Crippen LogP contribution is 2.30. The van der Waals surface area contributed by atoms with Crippen molar-refractivity contribution >= 4 is 0 Å². The molecular formula is C13H16O. The number of hydrogen-bond acceptors (Lipinski definition) is 1. The molecule has 0 spiro atoms. The van der Waals surface area contributed by atoms with Gasteiger partial charge >= 0.3 is 0 Å². The first kappa shape index (κ1) is 10.6. The summed E-state index contributed by atoms with van der Waals surface area (Å²) in [5.41, 5.74) is 1.06. The molecule has 1 N–H and O–H groups in total. The van der Waals surface area contributed by atoms with Gasteiger partial charge in [0.15, 0.2) is 0 Å². The topological polar surface area (TPSA) is 20.2 Å². The van der Waals surface area contributed by atoms with E-state index in [2.05, 4.69) is 20.1 Å². The van der Waals surface area contributed by atoms with Gasteiger partial charge in [0.2, 0.25) is 0 Å². The van der Waals surface area contributed by atoms with Crippen LogP contribution < -0.4 is 0 Å². The average Bonchev–Trinajstić information content (AvgIpc) is 2.19. The number of phenolic OH excluding ortho intramolecular Hbond substituents is 1. The summed E-state index contributed by atoms with van der Waals surface area (Å²) >= 11 is 0. The van der Waals surface area contributed by atoms with Crippen molar-refractivity contribution in [2.45, 2.75) is 18.8 Å². The molecule has 74 valence electrons. The second-order valence-corrected chi connectivity index (χ2v) is 3.66. The van der Waals surface area contributed by atoms with Crippen LogP contribution in [0, 0.1) is 0 Å². The molecule has 1 nitrogen and oxygen atoms in total. The van der Waals surface area contributed by atoms with Crippen LogP contribution in [0.3, 0.4) is 0 Å². The zero-order valence-corrected chi connectivity index (χ0v) is 8.53. The van der Waals surface area contributed by atoms with Crippen molar-refractivity contribution in [2.24, 2.45) is 0 Å². The molecule has 1 aromatic carbocycles. The van der Waals surface area contributed by atoms with E-state index in [1.807, 2.05) is 24.3 Å². The Labute approximate surface area is 85.4 Å². The van der Waals surface area contributed by atoms with Gasteiger partial charge in [-0.1, -0.05) is 31.2 Å². The highest BCUT2D eigenvalue weighted by Gasteiger charge is 2.20. The van der Waals surface area contributed by atoms with E-state index in [9.17, 15) is 5.11 Å². The third kappa shape index (κ3) is 2.05. The fourth-order valence-electron chi connectivity index (χ4n) is 1.46. The molecule has 1 aromatic rings. The van der Waals surface area contributed by atoms with E-state index in [1.165, 1.54) is 0 Å². The molecule has 0 radical (unpaired) electrons. The van der Waals surface area contributed by atoms with Crippen LogP contribution in [0.15, 0.2) is 49.6 Å². The fourth-order valence-corrected chi connectivity index (χ4v) is 1.46. The van der Waals surface area contributed by atoms with Crippen LogP contribution in [0.4, 0.5) is 0 Å². The van der Waals surface area contributed by atoms with Crippen molar-refractivity contribution in [3.63, 3.8) is 0 Å². The van der Waals surface area contributed by atoms with Gasteiger partial charge in [-0.2, -0.15) is 0 Å².